The third-order valence-corrected chi connectivity index (χ3v) is 7.63. The molecule has 8 nitrogen and oxygen atoms in total. The molecule has 1 unspecified atom stereocenters. The topological polar surface area (TPSA) is 96.4 Å². The lowest BCUT2D eigenvalue weighted by Gasteiger charge is -2.26. The van der Waals surface area contributed by atoms with Gasteiger partial charge in [0.1, 0.15) is 12.4 Å². The SMILES string of the molecule is CC#CCOc1ccc(S(=O)(=O)CC(c2ccc(CCCN3CCOCC3)cc2)N(O)C=O)cc1. The van der Waals surface area contributed by atoms with Crippen molar-refractivity contribution in [3.05, 3.63) is 59.7 Å². The zero-order chi connectivity index (χ0) is 25.1. The Balaban J connectivity index is 1.64. The molecular formula is C26H32N2O6S. The van der Waals surface area contributed by atoms with E-state index in [1.165, 1.54) is 12.1 Å². The van der Waals surface area contributed by atoms with Crippen molar-refractivity contribution in [2.75, 3.05) is 45.2 Å². The molecule has 1 heterocycles. The quantitative estimate of drug-likeness (QED) is 0.207. The van der Waals surface area contributed by atoms with E-state index in [9.17, 15) is 18.4 Å². The zero-order valence-corrected chi connectivity index (χ0v) is 20.7. The maximum absolute atomic E-state index is 13.0. The van der Waals surface area contributed by atoms with Gasteiger partial charge in [-0.15, -0.1) is 5.92 Å². The first kappa shape index (κ1) is 26.7. The Bertz CT molecular complexity index is 1100. The highest BCUT2D eigenvalue weighted by Crippen LogP contribution is 2.26. The van der Waals surface area contributed by atoms with Gasteiger partial charge in [-0.2, -0.15) is 0 Å². The van der Waals surface area contributed by atoms with E-state index in [1.54, 1.807) is 31.2 Å². The van der Waals surface area contributed by atoms with Crippen LogP contribution in [-0.2, 0) is 25.8 Å². The summed E-state index contributed by atoms with van der Waals surface area (Å²) in [7, 11) is -3.80. The molecule has 0 spiro atoms. The Morgan fingerprint density at radius 2 is 1.83 bits per heavy atom. The predicted molar refractivity (Wildman–Crippen MR) is 132 cm³/mol. The van der Waals surface area contributed by atoms with Crippen LogP contribution < -0.4 is 4.74 Å². The van der Waals surface area contributed by atoms with Gasteiger partial charge in [-0.05, 0) is 61.7 Å². The van der Waals surface area contributed by atoms with E-state index in [2.05, 4.69) is 16.7 Å². The highest BCUT2D eigenvalue weighted by atomic mass is 32.2. The molecule has 188 valence electrons. The fourth-order valence-electron chi connectivity index (χ4n) is 3.88. The van der Waals surface area contributed by atoms with Gasteiger partial charge in [-0.3, -0.25) is 14.9 Å². The monoisotopic (exact) mass is 500 g/mol. The van der Waals surface area contributed by atoms with Crippen LogP contribution in [0.1, 0.15) is 30.5 Å². The van der Waals surface area contributed by atoms with Gasteiger partial charge in [-0.1, -0.05) is 30.2 Å². The first-order chi connectivity index (χ1) is 16.9. The van der Waals surface area contributed by atoms with Crippen molar-refractivity contribution in [3.8, 4) is 17.6 Å². The van der Waals surface area contributed by atoms with E-state index in [1.807, 2.05) is 12.1 Å². The summed E-state index contributed by atoms with van der Waals surface area (Å²) in [6.45, 7) is 6.38. The van der Waals surface area contributed by atoms with Gasteiger partial charge in [0.05, 0.1) is 29.9 Å². The number of benzene rings is 2. The summed E-state index contributed by atoms with van der Waals surface area (Å²) in [5.74, 6) is 5.54. The van der Waals surface area contributed by atoms with Crippen molar-refractivity contribution in [3.63, 3.8) is 0 Å². The summed E-state index contributed by atoms with van der Waals surface area (Å²) in [6, 6.07) is 12.3. The second-order valence-electron chi connectivity index (χ2n) is 8.27. The number of hydrogen-bond acceptors (Lipinski definition) is 7. The molecule has 0 saturated carbocycles. The zero-order valence-electron chi connectivity index (χ0n) is 19.9. The summed E-state index contributed by atoms with van der Waals surface area (Å²) in [4.78, 5) is 13.8. The van der Waals surface area contributed by atoms with Crippen LogP contribution in [0.3, 0.4) is 0 Å². The molecule has 1 fully saturated rings. The van der Waals surface area contributed by atoms with Gasteiger partial charge in [0.15, 0.2) is 9.84 Å². The summed E-state index contributed by atoms with van der Waals surface area (Å²) >= 11 is 0. The smallest absolute Gasteiger partial charge is 0.233 e. The molecule has 1 N–H and O–H groups in total. The van der Waals surface area contributed by atoms with E-state index in [4.69, 9.17) is 9.47 Å². The number of hydrogen-bond donors (Lipinski definition) is 1. The number of hydroxylamine groups is 2. The Labute approximate surface area is 207 Å². The third kappa shape index (κ3) is 8.08. The van der Waals surface area contributed by atoms with Crippen LogP contribution in [0.4, 0.5) is 0 Å². The first-order valence-electron chi connectivity index (χ1n) is 11.6. The van der Waals surface area contributed by atoms with Gasteiger partial charge >= 0.3 is 0 Å². The summed E-state index contributed by atoms with van der Waals surface area (Å²) in [6.07, 6.45) is 2.11. The Hall–Kier alpha value is -2.90. The van der Waals surface area contributed by atoms with Gasteiger partial charge < -0.3 is 9.47 Å². The number of carbonyl (C=O) groups excluding carboxylic acids is 1. The molecule has 35 heavy (non-hydrogen) atoms. The Morgan fingerprint density at radius 1 is 1.14 bits per heavy atom. The fraction of sp³-hybridized carbons (Fsp3) is 0.423. The van der Waals surface area contributed by atoms with Crippen LogP contribution >= 0.6 is 0 Å². The van der Waals surface area contributed by atoms with Gasteiger partial charge in [0.2, 0.25) is 6.41 Å². The highest BCUT2D eigenvalue weighted by Gasteiger charge is 2.27. The van der Waals surface area contributed by atoms with Crippen molar-refractivity contribution < 1.29 is 27.9 Å². The molecule has 2 aromatic rings. The second-order valence-corrected chi connectivity index (χ2v) is 10.3. The van der Waals surface area contributed by atoms with E-state index < -0.39 is 21.6 Å². The van der Waals surface area contributed by atoms with Gasteiger partial charge in [0, 0.05) is 13.1 Å². The molecule has 1 atom stereocenters. The predicted octanol–water partition coefficient (Wildman–Crippen LogP) is 2.72. The number of nitrogens with zero attached hydrogens (tertiary/aromatic N) is 2. The van der Waals surface area contributed by atoms with Gasteiger partial charge in [0.25, 0.3) is 0 Å². The fourth-order valence-corrected chi connectivity index (χ4v) is 5.38. The van der Waals surface area contributed by atoms with Crippen LogP contribution in [0.15, 0.2) is 53.4 Å². The maximum atomic E-state index is 13.0. The normalized spacial score (nSPS) is 15.0. The molecule has 0 aromatic heterocycles. The number of aryl methyl sites for hydroxylation is 1. The first-order valence-corrected chi connectivity index (χ1v) is 13.2. The molecule has 1 aliphatic heterocycles. The number of rotatable bonds is 12. The van der Waals surface area contributed by atoms with Crippen molar-refractivity contribution >= 4 is 16.2 Å². The molecule has 1 saturated heterocycles. The molecular weight excluding hydrogens is 468 g/mol. The van der Waals surface area contributed by atoms with Crippen LogP contribution in [-0.4, -0.2) is 75.2 Å². The number of morpholine rings is 1. The Morgan fingerprint density at radius 3 is 2.46 bits per heavy atom. The minimum atomic E-state index is -3.80. The van der Waals surface area contributed by atoms with E-state index >= 15 is 0 Å². The second kappa shape index (κ2) is 13.3. The van der Waals surface area contributed by atoms with E-state index in [0.29, 0.717) is 16.4 Å². The van der Waals surface area contributed by atoms with Crippen molar-refractivity contribution in [1.29, 1.82) is 0 Å². The summed E-state index contributed by atoms with van der Waals surface area (Å²) < 4.78 is 36.9. The molecule has 0 aliphatic carbocycles. The Kier molecular flexibility index (Phi) is 10.1. The van der Waals surface area contributed by atoms with Crippen molar-refractivity contribution in [2.24, 2.45) is 0 Å². The van der Waals surface area contributed by atoms with E-state index in [-0.39, 0.29) is 17.9 Å². The van der Waals surface area contributed by atoms with Crippen LogP contribution in [0.5, 0.6) is 5.75 Å². The number of amides is 1. The van der Waals surface area contributed by atoms with Crippen LogP contribution in [0, 0.1) is 11.8 Å². The standard InChI is InChI=1S/C26H32N2O6S/c1-2-3-17-34-24-10-12-25(13-11-24)35(31,32)20-26(28(30)21-29)23-8-6-22(7-9-23)5-4-14-27-15-18-33-19-16-27/h6-13,21,26,30H,4-5,14-20H2,1H3. The summed E-state index contributed by atoms with van der Waals surface area (Å²) in [5, 5.41) is 10.6. The van der Waals surface area contributed by atoms with Crippen LogP contribution in [0.25, 0.3) is 0 Å². The molecule has 9 heteroatoms. The van der Waals surface area contributed by atoms with Gasteiger partial charge in [-0.25, -0.2) is 13.5 Å². The molecule has 0 bridgehead atoms. The highest BCUT2D eigenvalue weighted by molar-refractivity contribution is 7.91. The molecule has 0 radical (unpaired) electrons. The lowest BCUT2D eigenvalue weighted by molar-refractivity contribution is -0.158. The third-order valence-electron chi connectivity index (χ3n) is 5.88. The lowest BCUT2D eigenvalue weighted by Crippen LogP contribution is -2.36. The average molecular weight is 501 g/mol. The van der Waals surface area contributed by atoms with Crippen molar-refractivity contribution in [2.45, 2.75) is 30.7 Å². The average Bonchev–Trinajstić information content (AvgIpc) is 2.88. The minimum Gasteiger partial charge on any atom is -0.481 e. The number of ether oxygens (including phenoxy) is 2. The molecule has 2 aromatic carbocycles. The summed E-state index contributed by atoms with van der Waals surface area (Å²) in [5.41, 5.74) is 1.65. The minimum absolute atomic E-state index is 0.0791. The van der Waals surface area contributed by atoms with E-state index in [0.717, 1.165) is 51.3 Å². The van der Waals surface area contributed by atoms with Crippen molar-refractivity contribution in [1.82, 2.24) is 9.96 Å². The lowest BCUT2D eigenvalue weighted by atomic mass is 10.0. The molecule has 1 amide bonds. The molecule has 1 aliphatic rings. The maximum Gasteiger partial charge on any atom is 0.233 e. The number of sulfone groups is 1. The largest absolute Gasteiger partial charge is 0.481 e. The number of carbonyl (C=O) groups is 1. The molecule has 3 rings (SSSR count). The van der Waals surface area contributed by atoms with Crippen LogP contribution in [0.2, 0.25) is 0 Å².